The van der Waals surface area contributed by atoms with Crippen molar-refractivity contribution in [3.8, 4) is 5.75 Å². The summed E-state index contributed by atoms with van der Waals surface area (Å²) in [7, 11) is 0. The van der Waals surface area contributed by atoms with Gasteiger partial charge in [-0.3, -0.25) is 4.79 Å². The van der Waals surface area contributed by atoms with Crippen molar-refractivity contribution in [2.45, 2.75) is 47.7 Å². The number of thiazole rings is 1. The van der Waals surface area contributed by atoms with Crippen LogP contribution in [0.15, 0.2) is 34.0 Å². The molecule has 2 rings (SSSR count). The van der Waals surface area contributed by atoms with Crippen LogP contribution in [0, 0.1) is 27.7 Å². The van der Waals surface area contributed by atoms with Gasteiger partial charge >= 0.3 is 6.18 Å². The van der Waals surface area contributed by atoms with Gasteiger partial charge in [-0.2, -0.15) is 13.2 Å². The van der Waals surface area contributed by atoms with Crippen LogP contribution in [-0.2, 0) is 4.79 Å². The molecule has 0 saturated heterocycles. The van der Waals surface area contributed by atoms with Crippen molar-refractivity contribution in [3.63, 3.8) is 0 Å². The number of aromatic nitrogens is 1. The summed E-state index contributed by atoms with van der Waals surface area (Å²) in [6, 6.07) is 3.15. The summed E-state index contributed by atoms with van der Waals surface area (Å²) in [5.74, 6) is -1.13. The summed E-state index contributed by atoms with van der Waals surface area (Å²) in [4.78, 5) is 20.2. The molecule has 5 N–H and O–H groups in total. The first-order valence-corrected chi connectivity index (χ1v) is 10.4. The standard InChI is InChI=1S/C22H25F3N4O2S/c1-9-7-8-15(30)10(2)16(9)11(3)18(26)17(20(27)31)12(4)19(22(23,24)25)29-21-13(5)28-14(6)32-21/h7-8,30H,26H2,1-6H3,(H2,27,31)/b17-12-,18-11-,29-19+. The van der Waals surface area contributed by atoms with Gasteiger partial charge in [0.25, 0.3) is 5.91 Å². The molecule has 0 atom stereocenters. The Bertz CT molecular complexity index is 1170. The quantitative estimate of drug-likeness (QED) is 0.330. The van der Waals surface area contributed by atoms with Gasteiger partial charge in [0.1, 0.15) is 16.5 Å². The first-order valence-electron chi connectivity index (χ1n) is 9.54. The second-order valence-electron chi connectivity index (χ2n) is 7.39. The van der Waals surface area contributed by atoms with Crippen molar-refractivity contribution in [1.29, 1.82) is 0 Å². The van der Waals surface area contributed by atoms with Gasteiger partial charge in [-0.25, -0.2) is 9.98 Å². The lowest BCUT2D eigenvalue weighted by Crippen LogP contribution is -2.29. The number of amides is 1. The highest BCUT2D eigenvalue weighted by Crippen LogP contribution is 2.35. The van der Waals surface area contributed by atoms with Crippen LogP contribution < -0.4 is 11.5 Å². The first kappa shape index (κ1) is 25.1. The molecule has 1 aromatic heterocycles. The normalized spacial score (nSPS) is 14.2. The Morgan fingerprint density at radius 2 is 1.72 bits per heavy atom. The zero-order valence-corrected chi connectivity index (χ0v) is 19.4. The second-order valence-corrected chi connectivity index (χ2v) is 8.57. The summed E-state index contributed by atoms with van der Waals surface area (Å²) in [5.41, 5.74) is 11.6. The number of benzene rings is 1. The van der Waals surface area contributed by atoms with Gasteiger partial charge in [0.05, 0.1) is 16.3 Å². The number of hydrogen-bond donors (Lipinski definition) is 3. The highest BCUT2D eigenvalue weighted by Gasteiger charge is 2.39. The lowest BCUT2D eigenvalue weighted by molar-refractivity contribution is -0.114. The minimum atomic E-state index is -4.87. The molecule has 0 spiro atoms. The van der Waals surface area contributed by atoms with Crippen molar-refractivity contribution in [2.24, 2.45) is 16.5 Å². The molecule has 1 heterocycles. The number of aromatic hydroxyl groups is 1. The summed E-state index contributed by atoms with van der Waals surface area (Å²) in [5, 5.41) is 10.7. The van der Waals surface area contributed by atoms with Gasteiger partial charge in [-0.15, -0.1) is 0 Å². The molecule has 6 nitrogen and oxygen atoms in total. The van der Waals surface area contributed by atoms with Crippen LogP contribution in [-0.4, -0.2) is 27.9 Å². The lowest BCUT2D eigenvalue weighted by Gasteiger charge is -2.18. The van der Waals surface area contributed by atoms with Gasteiger partial charge < -0.3 is 16.6 Å². The molecular formula is C22H25F3N4O2S. The van der Waals surface area contributed by atoms with Crippen LogP contribution in [0.1, 0.15) is 41.2 Å². The van der Waals surface area contributed by atoms with Crippen LogP contribution in [0.5, 0.6) is 5.75 Å². The van der Waals surface area contributed by atoms with E-state index in [0.717, 1.165) is 23.8 Å². The number of hydrogen-bond acceptors (Lipinski definition) is 6. The van der Waals surface area contributed by atoms with E-state index in [2.05, 4.69) is 9.98 Å². The maximum atomic E-state index is 14.0. The summed E-state index contributed by atoms with van der Waals surface area (Å²) >= 11 is 1.00. The number of allylic oxidation sites excluding steroid dienone is 2. The number of alkyl halides is 3. The highest BCUT2D eigenvalue weighted by molar-refractivity contribution is 7.15. The molecule has 2 aromatic rings. The van der Waals surface area contributed by atoms with Gasteiger partial charge in [0.15, 0.2) is 0 Å². The van der Waals surface area contributed by atoms with Crippen molar-refractivity contribution < 1.29 is 23.1 Å². The largest absolute Gasteiger partial charge is 0.508 e. The number of nitrogens with two attached hydrogens (primary N) is 2. The first-order chi connectivity index (χ1) is 14.7. The molecule has 0 radical (unpaired) electrons. The Morgan fingerprint density at radius 3 is 2.19 bits per heavy atom. The molecule has 32 heavy (non-hydrogen) atoms. The number of primary amides is 1. The minimum absolute atomic E-state index is 0.00680. The number of halogens is 3. The van der Waals surface area contributed by atoms with Gasteiger partial charge in [0.2, 0.25) is 0 Å². The smallest absolute Gasteiger partial charge is 0.433 e. The third-order valence-corrected chi connectivity index (χ3v) is 6.00. The number of aryl methyl sites for hydroxylation is 3. The van der Waals surface area contributed by atoms with Gasteiger partial charge in [-0.05, 0) is 75.4 Å². The average molecular weight is 467 g/mol. The van der Waals surface area contributed by atoms with E-state index in [1.165, 1.54) is 6.07 Å². The molecule has 10 heteroatoms. The highest BCUT2D eigenvalue weighted by atomic mass is 32.1. The number of carbonyl (C=O) groups excluding carboxylic acids is 1. The third-order valence-electron chi connectivity index (χ3n) is 5.03. The fourth-order valence-corrected chi connectivity index (χ4v) is 4.25. The summed E-state index contributed by atoms with van der Waals surface area (Å²) in [6.45, 7) is 9.28. The zero-order valence-electron chi connectivity index (χ0n) is 18.6. The fourth-order valence-electron chi connectivity index (χ4n) is 3.46. The third kappa shape index (κ3) is 5.01. The molecule has 0 unspecified atom stereocenters. The lowest BCUT2D eigenvalue weighted by atomic mass is 9.91. The Kier molecular flexibility index (Phi) is 7.19. The SMILES string of the molecule is CC(=C(C(N)=O)\C(N)=C(/C)c1c(C)ccc(O)c1C)/C(=N\c1sc(C)nc1C)C(F)(F)F. The van der Waals surface area contributed by atoms with E-state index < -0.39 is 28.9 Å². The molecule has 0 saturated carbocycles. The average Bonchev–Trinajstić information content (AvgIpc) is 2.98. The summed E-state index contributed by atoms with van der Waals surface area (Å²) in [6.07, 6.45) is -4.87. The Morgan fingerprint density at radius 1 is 1.12 bits per heavy atom. The van der Waals surface area contributed by atoms with Crippen LogP contribution in [0.3, 0.4) is 0 Å². The fraction of sp³-hybridized carbons (Fsp3) is 0.318. The van der Waals surface area contributed by atoms with Crippen molar-refractivity contribution in [1.82, 2.24) is 4.98 Å². The van der Waals surface area contributed by atoms with E-state index in [0.29, 0.717) is 27.4 Å². The Labute approximate surface area is 188 Å². The van der Waals surface area contributed by atoms with Gasteiger partial charge in [-0.1, -0.05) is 17.4 Å². The number of phenolic OH excluding ortho intramolecular Hbond substituents is 1. The van der Waals surface area contributed by atoms with Crippen molar-refractivity contribution in [2.75, 3.05) is 0 Å². The van der Waals surface area contributed by atoms with E-state index in [-0.39, 0.29) is 16.4 Å². The molecular weight excluding hydrogens is 441 g/mol. The van der Waals surface area contributed by atoms with Crippen molar-refractivity contribution >= 4 is 33.5 Å². The Balaban J connectivity index is 2.86. The molecule has 1 aromatic carbocycles. The second kappa shape index (κ2) is 9.15. The van der Waals surface area contributed by atoms with E-state index >= 15 is 0 Å². The summed E-state index contributed by atoms with van der Waals surface area (Å²) < 4.78 is 41.9. The number of carbonyl (C=O) groups is 1. The molecule has 0 aliphatic rings. The maximum absolute atomic E-state index is 14.0. The van der Waals surface area contributed by atoms with Crippen LogP contribution in [0.25, 0.3) is 5.57 Å². The number of phenols is 1. The molecule has 172 valence electrons. The van der Waals surface area contributed by atoms with Gasteiger partial charge in [0, 0.05) is 5.70 Å². The zero-order chi connectivity index (χ0) is 24.5. The van der Waals surface area contributed by atoms with Crippen LogP contribution in [0.4, 0.5) is 18.2 Å². The van der Waals surface area contributed by atoms with Crippen molar-refractivity contribution in [3.05, 3.63) is 56.4 Å². The predicted molar refractivity (Wildman–Crippen MR) is 121 cm³/mol. The Hall–Kier alpha value is -3.14. The maximum Gasteiger partial charge on any atom is 0.433 e. The molecule has 0 aliphatic heterocycles. The van der Waals surface area contributed by atoms with Crippen LogP contribution >= 0.6 is 11.3 Å². The van der Waals surface area contributed by atoms with E-state index in [1.807, 2.05) is 0 Å². The molecule has 1 amide bonds. The number of nitrogens with zero attached hydrogens (tertiary/aromatic N) is 2. The monoisotopic (exact) mass is 466 g/mol. The number of aliphatic imine (C=N–C) groups is 1. The molecule has 0 aliphatic carbocycles. The van der Waals surface area contributed by atoms with E-state index in [9.17, 15) is 23.1 Å². The minimum Gasteiger partial charge on any atom is -0.508 e. The van der Waals surface area contributed by atoms with E-state index in [4.69, 9.17) is 11.5 Å². The van der Waals surface area contributed by atoms with Crippen LogP contribution in [0.2, 0.25) is 0 Å². The molecule has 0 fully saturated rings. The topological polar surface area (TPSA) is 115 Å². The molecule has 0 bridgehead atoms. The number of rotatable bonds is 5. The predicted octanol–water partition coefficient (Wildman–Crippen LogP) is 4.91. The van der Waals surface area contributed by atoms with E-state index in [1.54, 1.807) is 40.7 Å².